The molecule has 0 radical (unpaired) electrons. The predicted octanol–water partition coefficient (Wildman–Crippen LogP) is 2.96. The lowest BCUT2D eigenvalue weighted by Gasteiger charge is -2.07. The Hall–Kier alpha value is -0.310. The van der Waals surface area contributed by atoms with E-state index in [0.29, 0.717) is 15.6 Å². The fourth-order valence-corrected chi connectivity index (χ4v) is 1.14. The highest BCUT2D eigenvalue weighted by Crippen LogP contribution is 2.24. The molecule has 0 saturated heterocycles. The first-order valence-corrected chi connectivity index (χ1v) is 4.17. The molecule has 0 aliphatic carbocycles. The molecule has 4 heteroatoms. The molecular formula is C8H8Cl2FN. The molecule has 0 saturated carbocycles. The molecule has 2 N–H and O–H groups in total. The number of alkyl halides is 1. The van der Waals surface area contributed by atoms with E-state index in [4.69, 9.17) is 28.9 Å². The largest absolute Gasteiger partial charge is 0.322 e. The molecule has 0 aliphatic heterocycles. The minimum atomic E-state index is -0.611. The summed E-state index contributed by atoms with van der Waals surface area (Å²) in [5.41, 5.74) is 6.10. The van der Waals surface area contributed by atoms with E-state index in [1.54, 1.807) is 18.2 Å². The average Bonchev–Trinajstić information content (AvgIpc) is 2.08. The van der Waals surface area contributed by atoms with Gasteiger partial charge >= 0.3 is 0 Å². The fraction of sp³-hybridized carbons (Fsp3) is 0.250. The lowest BCUT2D eigenvalue weighted by molar-refractivity contribution is 0.437. The van der Waals surface area contributed by atoms with Crippen LogP contribution in [0.1, 0.15) is 11.6 Å². The molecule has 1 aromatic carbocycles. The topological polar surface area (TPSA) is 26.0 Å². The number of hydrogen-bond acceptors (Lipinski definition) is 1. The summed E-state index contributed by atoms with van der Waals surface area (Å²) < 4.78 is 12.1. The van der Waals surface area contributed by atoms with E-state index in [-0.39, 0.29) is 0 Å². The zero-order valence-corrected chi connectivity index (χ0v) is 7.74. The van der Waals surface area contributed by atoms with Gasteiger partial charge in [-0.1, -0.05) is 29.3 Å². The minimum absolute atomic E-state index is 0.401. The van der Waals surface area contributed by atoms with Gasteiger partial charge in [-0.15, -0.1) is 0 Å². The first-order chi connectivity index (χ1) is 5.65. The molecule has 0 aromatic heterocycles. The molecule has 0 fully saturated rings. The van der Waals surface area contributed by atoms with Crippen LogP contribution in [0.5, 0.6) is 0 Å². The van der Waals surface area contributed by atoms with Gasteiger partial charge in [-0.25, -0.2) is 4.39 Å². The second kappa shape index (κ2) is 4.08. The van der Waals surface area contributed by atoms with Crippen LogP contribution < -0.4 is 5.73 Å². The SMILES string of the molecule is N[C@H](CF)c1ccc(Cl)c(Cl)c1. The molecule has 0 bridgehead atoms. The lowest BCUT2D eigenvalue weighted by atomic mass is 10.1. The zero-order valence-electron chi connectivity index (χ0n) is 6.23. The van der Waals surface area contributed by atoms with Crippen molar-refractivity contribution in [3.8, 4) is 0 Å². The summed E-state index contributed by atoms with van der Waals surface area (Å²) in [4.78, 5) is 0. The van der Waals surface area contributed by atoms with E-state index in [9.17, 15) is 4.39 Å². The Kier molecular flexibility index (Phi) is 3.32. The second-order valence-electron chi connectivity index (χ2n) is 2.43. The van der Waals surface area contributed by atoms with Gasteiger partial charge < -0.3 is 5.73 Å². The van der Waals surface area contributed by atoms with E-state index < -0.39 is 12.7 Å². The Morgan fingerprint density at radius 1 is 1.33 bits per heavy atom. The van der Waals surface area contributed by atoms with Crippen molar-refractivity contribution >= 4 is 23.2 Å². The summed E-state index contributed by atoms with van der Waals surface area (Å²) in [6.45, 7) is -0.599. The standard InChI is InChI=1S/C8H8Cl2FN/c9-6-2-1-5(3-7(6)10)8(12)4-11/h1-3,8H,4,12H2/t8-/m1/s1. The number of hydrogen-bond donors (Lipinski definition) is 1. The molecule has 1 nitrogen and oxygen atoms in total. The van der Waals surface area contributed by atoms with Crippen molar-refractivity contribution in [2.24, 2.45) is 5.73 Å². The van der Waals surface area contributed by atoms with Crippen LogP contribution in [-0.2, 0) is 0 Å². The number of rotatable bonds is 2. The number of benzene rings is 1. The van der Waals surface area contributed by atoms with Crippen molar-refractivity contribution in [3.63, 3.8) is 0 Å². The average molecular weight is 208 g/mol. The number of nitrogens with two attached hydrogens (primary N) is 1. The van der Waals surface area contributed by atoms with Gasteiger partial charge in [-0.3, -0.25) is 0 Å². The van der Waals surface area contributed by atoms with Crippen molar-refractivity contribution in [2.75, 3.05) is 6.67 Å². The smallest absolute Gasteiger partial charge is 0.109 e. The second-order valence-corrected chi connectivity index (χ2v) is 3.25. The van der Waals surface area contributed by atoms with Crippen LogP contribution in [0.25, 0.3) is 0 Å². The Morgan fingerprint density at radius 2 is 2.00 bits per heavy atom. The summed E-state index contributed by atoms with van der Waals surface area (Å²) >= 11 is 11.4. The van der Waals surface area contributed by atoms with Crippen LogP contribution in [0.3, 0.4) is 0 Å². The van der Waals surface area contributed by atoms with E-state index in [1.165, 1.54) is 0 Å². The van der Waals surface area contributed by atoms with Gasteiger partial charge in [0.1, 0.15) is 6.67 Å². The van der Waals surface area contributed by atoms with Crippen molar-refractivity contribution in [1.29, 1.82) is 0 Å². The maximum absolute atomic E-state index is 12.1. The van der Waals surface area contributed by atoms with Crippen LogP contribution in [0.15, 0.2) is 18.2 Å². The van der Waals surface area contributed by atoms with Crippen molar-refractivity contribution in [3.05, 3.63) is 33.8 Å². The molecule has 0 spiro atoms. The fourth-order valence-electron chi connectivity index (χ4n) is 0.832. The number of halogens is 3. The monoisotopic (exact) mass is 207 g/mol. The Labute approximate surface area is 80.3 Å². The summed E-state index contributed by atoms with van der Waals surface area (Å²) in [5, 5.41) is 0.851. The Balaban J connectivity index is 2.96. The van der Waals surface area contributed by atoms with Crippen molar-refractivity contribution in [2.45, 2.75) is 6.04 Å². The third-order valence-corrected chi connectivity index (χ3v) is 2.28. The maximum atomic E-state index is 12.1. The van der Waals surface area contributed by atoms with Gasteiger partial charge in [-0.05, 0) is 17.7 Å². The van der Waals surface area contributed by atoms with Gasteiger partial charge in [0, 0.05) is 0 Å². The van der Waals surface area contributed by atoms with E-state index in [0.717, 1.165) is 0 Å². The molecular weight excluding hydrogens is 200 g/mol. The van der Waals surface area contributed by atoms with Gasteiger partial charge in [0.05, 0.1) is 16.1 Å². The molecule has 1 rings (SSSR count). The first kappa shape index (κ1) is 9.78. The van der Waals surface area contributed by atoms with Crippen LogP contribution >= 0.6 is 23.2 Å². The molecule has 1 atom stereocenters. The van der Waals surface area contributed by atoms with Crippen LogP contribution in [0.4, 0.5) is 4.39 Å². The van der Waals surface area contributed by atoms with Crippen LogP contribution in [0, 0.1) is 0 Å². The normalized spacial score (nSPS) is 13.0. The van der Waals surface area contributed by atoms with Crippen LogP contribution in [-0.4, -0.2) is 6.67 Å². The van der Waals surface area contributed by atoms with Gasteiger partial charge in [-0.2, -0.15) is 0 Å². The summed E-state index contributed by atoms with van der Waals surface area (Å²) in [6, 6.07) is 4.24. The molecule has 0 aliphatic rings. The van der Waals surface area contributed by atoms with Gasteiger partial charge in [0.15, 0.2) is 0 Å². The quantitative estimate of drug-likeness (QED) is 0.794. The zero-order chi connectivity index (χ0) is 9.14. The Morgan fingerprint density at radius 3 is 2.50 bits per heavy atom. The summed E-state index contributed by atoms with van der Waals surface area (Å²) in [6.07, 6.45) is 0. The molecule has 12 heavy (non-hydrogen) atoms. The summed E-state index contributed by atoms with van der Waals surface area (Å²) in [5.74, 6) is 0. The van der Waals surface area contributed by atoms with Gasteiger partial charge in [0.2, 0.25) is 0 Å². The minimum Gasteiger partial charge on any atom is -0.322 e. The van der Waals surface area contributed by atoms with E-state index in [1.807, 2.05) is 0 Å². The highest BCUT2D eigenvalue weighted by atomic mass is 35.5. The molecule has 0 unspecified atom stereocenters. The third-order valence-electron chi connectivity index (χ3n) is 1.54. The molecule has 0 heterocycles. The molecule has 1 aromatic rings. The van der Waals surface area contributed by atoms with Gasteiger partial charge in [0.25, 0.3) is 0 Å². The van der Waals surface area contributed by atoms with Crippen LogP contribution in [0.2, 0.25) is 10.0 Å². The third kappa shape index (κ3) is 2.09. The van der Waals surface area contributed by atoms with Crippen molar-refractivity contribution in [1.82, 2.24) is 0 Å². The van der Waals surface area contributed by atoms with Crippen molar-refractivity contribution < 1.29 is 4.39 Å². The summed E-state index contributed by atoms with van der Waals surface area (Å²) in [7, 11) is 0. The highest BCUT2D eigenvalue weighted by molar-refractivity contribution is 6.42. The van der Waals surface area contributed by atoms with E-state index in [2.05, 4.69) is 0 Å². The maximum Gasteiger partial charge on any atom is 0.109 e. The lowest BCUT2D eigenvalue weighted by Crippen LogP contribution is -2.11. The molecule has 66 valence electrons. The van der Waals surface area contributed by atoms with E-state index >= 15 is 0 Å². The predicted molar refractivity (Wildman–Crippen MR) is 49.4 cm³/mol. The molecule has 0 amide bonds. The first-order valence-electron chi connectivity index (χ1n) is 3.41. The highest BCUT2D eigenvalue weighted by Gasteiger charge is 2.06. The Bertz CT molecular complexity index is 278.